The molecule has 0 bridgehead atoms. The molecule has 0 amide bonds. The predicted molar refractivity (Wildman–Crippen MR) is 149 cm³/mol. The zero-order valence-electron chi connectivity index (χ0n) is 23.2. The number of aryl methyl sites for hydroxylation is 2. The fourth-order valence-electron chi connectivity index (χ4n) is 7.46. The molecule has 0 saturated carbocycles. The number of unbranched alkanes of at least 4 members (excludes halogenated alkanes) is 2. The van der Waals surface area contributed by atoms with Crippen molar-refractivity contribution in [2.24, 2.45) is 10.8 Å². The van der Waals surface area contributed by atoms with Crippen LogP contribution < -0.4 is 0 Å². The maximum absolute atomic E-state index is 6.09. The molecule has 2 nitrogen and oxygen atoms in total. The van der Waals surface area contributed by atoms with Crippen LogP contribution in [0.3, 0.4) is 0 Å². The van der Waals surface area contributed by atoms with Gasteiger partial charge in [-0.2, -0.15) is 0 Å². The van der Waals surface area contributed by atoms with Crippen LogP contribution in [0.15, 0.2) is 48.5 Å². The Bertz CT molecular complexity index is 932. The molecule has 2 aliphatic carbocycles. The average Bonchev–Trinajstić information content (AvgIpc) is 3.83. The summed E-state index contributed by atoms with van der Waals surface area (Å²) in [5.74, 6) is 0. The molecule has 36 heavy (non-hydrogen) atoms. The Morgan fingerprint density at radius 3 is 1.44 bits per heavy atom. The first-order valence-corrected chi connectivity index (χ1v) is 15.1. The smallest absolute Gasteiger partial charge is 0.110 e. The van der Waals surface area contributed by atoms with Crippen molar-refractivity contribution in [3.8, 4) is 0 Å². The lowest BCUT2D eigenvalue weighted by Crippen LogP contribution is -2.27. The fourth-order valence-corrected chi connectivity index (χ4v) is 7.46. The second-order valence-corrected chi connectivity index (χ2v) is 12.0. The minimum Gasteiger partial charge on any atom is -0.364 e. The van der Waals surface area contributed by atoms with Crippen LogP contribution in [0.4, 0.5) is 0 Å². The van der Waals surface area contributed by atoms with Gasteiger partial charge < -0.3 is 9.47 Å². The van der Waals surface area contributed by atoms with Gasteiger partial charge in [-0.1, -0.05) is 102 Å². The summed E-state index contributed by atoms with van der Waals surface area (Å²) in [6.45, 7) is 9.29. The highest BCUT2D eigenvalue weighted by atomic mass is 16.6. The summed E-state index contributed by atoms with van der Waals surface area (Å²) in [5, 5.41) is 0. The number of epoxide rings is 2. The van der Waals surface area contributed by atoms with Gasteiger partial charge in [0.15, 0.2) is 0 Å². The molecule has 0 N–H and O–H groups in total. The molecule has 0 aromatic heterocycles. The number of hydrogen-bond acceptors (Lipinski definition) is 2. The van der Waals surface area contributed by atoms with Gasteiger partial charge in [0.05, 0.1) is 12.2 Å². The first-order chi connectivity index (χ1) is 17.6. The summed E-state index contributed by atoms with van der Waals surface area (Å²) in [7, 11) is 0. The first-order valence-electron chi connectivity index (χ1n) is 15.1. The molecule has 2 aliphatic heterocycles. The molecule has 2 heterocycles. The topological polar surface area (TPSA) is 25.1 Å². The lowest BCUT2D eigenvalue weighted by molar-refractivity contribution is 0.153. The Morgan fingerprint density at radius 2 is 1.06 bits per heavy atom. The predicted octanol–water partition coefficient (Wildman–Crippen LogP) is 9.32. The van der Waals surface area contributed by atoms with Crippen molar-refractivity contribution < 1.29 is 9.47 Å². The Labute approximate surface area is 220 Å². The van der Waals surface area contributed by atoms with E-state index in [2.05, 4.69) is 76.2 Å². The standard InChI is InChI=1S/2C17H24O/c2*1-3-5-11-17(4-2)12-10-13-8-6-7-9-14(13)15-16(17)18-15/h2*6-9,15-16H,3-5,10-12H2,1-2H3/t15-,16-,17+;15-,16-,17-/m01/s1. The second kappa shape index (κ2) is 11.0. The summed E-state index contributed by atoms with van der Waals surface area (Å²) < 4.78 is 12.2. The average molecular weight is 489 g/mol. The number of benzene rings is 2. The van der Waals surface area contributed by atoms with Crippen LogP contribution in [0.1, 0.15) is 126 Å². The SMILES string of the molecule is CCCC[C@]1(CC)CCc2ccccc2[C@@H]2O[C@@H]21.CCCC[C@]1(CC)CCc2ccccc2[C@H]2O[C@H]21. The monoisotopic (exact) mass is 488 g/mol. The summed E-state index contributed by atoms with van der Waals surface area (Å²) >= 11 is 0. The van der Waals surface area contributed by atoms with E-state index in [1.165, 1.54) is 99.3 Å². The normalized spacial score (nSPS) is 33.4. The van der Waals surface area contributed by atoms with Crippen LogP contribution in [0.5, 0.6) is 0 Å². The first kappa shape index (κ1) is 26.0. The van der Waals surface area contributed by atoms with Crippen molar-refractivity contribution in [3.63, 3.8) is 0 Å². The second-order valence-electron chi connectivity index (χ2n) is 12.0. The fraction of sp³-hybridized carbons (Fsp3) is 0.647. The van der Waals surface area contributed by atoms with Gasteiger partial charge in [-0.15, -0.1) is 0 Å². The molecule has 2 heteroatoms. The molecule has 6 rings (SSSR count). The van der Waals surface area contributed by atoms with Crippen LogP contribution in [0, 0.1) is 10.8 Å². The highest BCUT2D eigenvalue weighted by Gasteiger charge is 2.56. The third kappa shape index (κ3) is 4.93. The van der Waals surface area contributed by atoms with Crippen LogP contribution in [0.25, 0.3) is 0 Å². The molecule has 2 saturated heterocycles. The number of fused-ring (bicyclic) bond motifs is 6. The molecule has 0 spiro atoms. The zero-order valence-corrected chi connectivity index (χ0v) is 23.2. The van der Waals surface area contributed by atoms with Crippen molar-refractivity contribution in [2.75, 3.05) is 0 Å². The summed E-state index contributed by atoms with van der Waals surface area (Å²) in [6, 6.07) is 17.8. The van der Waals surface area contributed by atoms with Gasteiger partial charge in [0.1, 0.15) is 12.2 Å². The quantitative estimate of drug-likeness (QED) is 0.346. The van der Waals surface area contributed by atoms with E-state index in [9.17, 15) is 0 Å². The van der Waals surface area contributed by atoms with Gasteiger partial charge in [-0.05, 0) is 84.5 Å². The highest BCUT2D eigenvalue weighted by Crippen LogP contribution is 2.58. The Morgan fingerprint density at radius 1 is 0.639 bits per heavy atom. The minimum absolute atomic E-state index is 0.403. The molecule has 0 radical (unpaired) electrons. The van der Waals surface area contributed by atoms with E-state index in [0.717, 1.165) is 0 Å². The van der Waals surface area contributed by atoms with Gasteiger partial charge in [0, 0.05) is 0 Å². The lowest BCUT2D eigenvalue weighted by atomic mass is 9.73. The van der Waals surface area contributed by atoms with Gasteiger partial charge in [-0.25, -0.2) is 0 Å². The minimum atomic E-state index is 0.403. The number of rotatable bonds is 8. The largest absolute Gasteiger partial charge is 0.364 e. The van der Waals surface area contributed by atoms with Crippen molar-refractivity contribution in [1.82, 2.24) is 0 Å². The van der Waals surface area contributed by atoms with Crippen LogP contribution >= 0.6 is 0 Å². The number of ether oxygens (including phenoxy) is 2. The summed E-state index contributed by atoms with van der Waals surface area (Å²) in [6.07, 6.45) is 17.4. The number of hydrogen-bond donors (Lipinski definition) is 0. The Hall–Kier alpha value is -1.64. The Balaban J connectivity index is 0.000000148. The molecular formula is C34H48O2. The van der Waals surface area contributed by atoms with Crippen molar-refractivity contribution in [2.45, 2.75) is 129 Å². The van der Waals surface area contributed by atoms with Crippen LogP contribution in [-0.4, -0.2) is 12.2 Å². The molecular weight excluding hydrogens is 440 g/mol. The summed E-state index contributed by atoms with van der Waals surface area (Å²) in [5.41, 5.74) is 6.87. The third-order valence-corrected chi connectivity index (χ3v) is 10.2. The van der Waals surface area contributed by atoms with E-state index in [4.69, 9.17) is 9.47 Å². The molecule has 2 fully saturated rings. The maximum atomic E-state index is 6.09. The molecule has 196 valence electrons. The van der Waals surface area contributed by atoms with Crippen LogP contribution in [-0.2, 0) is 22.3 Å². The van der Waals surface area contributed by atoms with Crippen LogP contribution in [0.2, 0.25) is 0 Å². The van der Waals surface area contributed by atoms with E-state index in [-0.39, 0.29) is 0 Å². The van der Waals surface area contributed by atoms with E-state index in [0.29, 0.717) is 35.2 Å². The van der Waals surface area contributed by atoms with E-state index in [1.54, 1.807) is 0 Å². The van der Waals surface area contributed by atoms with Gasteiger partial charge in [-0.3, -0.25) is 0 Å². The van der Waals surface area contributed by atoms with E-state index >= 15 is 0 Å². The van der Waals surface area contributed by atoms with E-state index in [1.807, 2.05) is 0 Å². The van der Waals surface area contributed by atoms with Crippen molar-refractivity contribution in [3.05, 3.63) is 70.8 Å². The Kier molecular flexibility index (Phi) is 7.94. The molecule has 6 atom stereocenters. The molecule has 2 aromatic carbocycles. The molecule has 0 unspecified atom stereocenters. The van der Waals surface area contributed by atoms with Gasteiger partial charge in [0.2, 0.25) is 0 Å². The molecule has 2 aromatic rings. The third-order valence-electron chi connectivity index (χ3n) is 10.2. The van der Waals surface area contributed by atoms with E-state index < -0.39 is 0 Å². The summed E-state index contributed by atoms with van der Waals surface area (Å²) in [4.78, 5) is 0. The maximum Gasteiger partial charge on any atom is 0.110 e. The van der Waals surface area contributed by atoms with Crippen molar-refractivity contribution >= 4 is 0 Å². The lowest BCUT2D eigenvalue weighted by Gasteiger charge is -2.31. The zero-order chi connectivity index (χ0) is 25.2. The molecule has 4 aliphatic rings. The highest BCUT2D eigenvalue weighted by molar-refractivity contribution is 5.36. The van der Waals surface area contributed by atoms with Crippen molar-refractivity contribution in [1.29, 1.82) is 0 Å². The van der Waals surface area contributed by atoms with Gasteiger partial charge in [0.25, 0.3) is 0 Å². The van der Waals surface area contributed by atoms with Gasteiger partial charge >= 0.3 is 0 Å².